The molecule has 27 heavy (non-hydrogen) atoms. The summed E-state index contributed by atoms with van der Waals surface area (Å²) in [6.07, 6.45) is 2.43. The molecule has 3 rings (SSSR count). The Kier molecular flexibility index (Phi) is 7.19. The van der Waals surface area contributed by atoms with E-state index in [-0.39, 0.29) is 6.10 Å². The second kappa shape index (κ2) is 10.0. The van der Waals surface area contributed by atoms with Crippen molar-refractivity contribution in [3.63, 3.8) is 0 Å². The van der Waals surface area contributed by atoms with Crippen LogP contribution in [0.1, 0.15) is 30.9 Å². The number of benzene rings is 2. The lowest BCUT2D eigenvalue weighted by molar-refractivity contribution is 0.114. The van der Waals surface area contributed by atoms with Gasteiger partial charge in [-0.2, -0.15) is 5.10 Å². The zero-order chi connectivity index (χ0) is 18.9. The third-order valence-electron chi connectivity index (χ3n) is 4.35. The standard InChI is InChI=1S/C21H25N3O2S/c1-16(23-24-21(27)22-14-18-10-7-13-25-18)19-11-5-6-12-20(19)26-15-17-8-3-2-4-9-17/h2-6,8-9,11-12,18H,7,10,13-15H2,1H3,(H2,22,24,27)/b23-16-/t18-/m0/s1. The van der Waals surface area contributed by atoms with Gasteiger partial charge in [0, 0.05) is 18.7 Å². The molecular weight excluding hydrogens is 358 g/mol. The van der Waals surface area contributed by atoms with Crippen molar-refractivity contribution in [2.45, 2.75) is 32.5 Å². The van der Waals surface area contributed by atoms with Crippen LogP contribution in [0.4, 0.5) is 0 Å². The minimum Gasteiger partial charge on any atom is -0.488 e. The molecule has 1 atom stereocenters. The molecule has 1 fully saturated rings. The van der Waals surface area contributed by atoms with Crippen LogP contribution in [0.2, 0.25) is 0 Å². The van der Waals surface area contributed by atoms with E-state index in [0.29, 0.717) is 18.3 Å². The molecule has 1 aliphatic heterocycles. The van der Waals surface area contributed by atoms with Crippen LogP contribution in [0.5, 0.6) is 5.75 Å². The molecule has 142 valence electrons. The second-order valence-electron chi connectivity index (χ2n) is 6.42. The summed E-state index contributed by atoms with van der Waals surface area (Å²) in [4.78, 5) is 0. The molecule has 5 nitrogen and oxygen atoms in total. The van der Waals surface area contributed by atoms with Gasteiger partial charge in [0.15, 0.2) is 5.11 Å². The number of hydrazone groups is 1. The van der Waals surface area contributed by atoms with Gasteiger partial charge < -0.3 is 14.8 Å². The monoisotopic (exact) mass is 383 g/mol. The van der Waals surface area contributed by atoms with Gasteiger partial charge in [-0.05, 0) is 49.7 Å². The van der Waals surface area contributed by atoms with E-state index in [1.165, 1.54) is 0 Å². The van der Waals surface area contributed by atoms with Crippen molar-refractivity contribution in [2.24, 2.45) is 5.10 Å². The molecule has 0 bridgehead atoms. The highest BCUT2D eigenvalue weighted by Gasteiger charge is 2.15. The van der Waals surface area contributed by atoms with Crippen LogP contribution < -0.4 is 15.5 Å². The summed E-state index contributed by atoms with van der Waals surface area (Å²) in [5.41, 5.74) is 5.77. The van der Waals surface area contributed by atoms with Gasteiger partial charge in [-0.15, -0.1) is 0 Å². The molecule has 0 spiro atoms. The Labute approximate surface area is 165 Å². The van der Waals surface area contributed by atoms with Crippen LogP contribution in [-0.2, 0) is 11.3 Å². The highest BCUT2D eigenvalue weighted by molar-refractivity contribution is 7.80. The van der Waals surface area contributed by atoms with E-state index in [0.717, 1.165) is 42.0 Å². The lowest BCUT2D eigenvalue weighted by atomic mass is 10.1. The summed E-state index contributed by atoms with van der Waals surface area (Å²) in [6, 6.07) is 18.0. The summed E-state index contributed by atoms with van der Waals surface area (Å²) in [6.45, 7) is 3.99. The first-order chi connectivity index (χ1) is 13.2. The Bertz CT molecular complexity index is 774. The van der Waals surface area contributed by atoms with Gasteiger partial charge in [-0.25, -0.2) is 0 Å². The van der Waals surface area contributed by atoms with Crippen LogP contribution in [-0.4, -0.2) is 30.1 Å². The summed E-state index contributed by atoms with van der Waals surface area (Å²) in [5.74, 6) is 0.794. The van der Waals surface area contributed by atoms with E-state index in [9.17, 15) is 0 Å². The number of ether oxygens (including phenoxy) is 2. The van der Waals surface area contributed by atoms with Gasteiger partial charge in [-0.3, -0.25) is 5.43 Å². The van der Waals surface area contributed by atoms with Gasteiger partial charge in [-0.1, -0.05) is 42.5 Å². The SMILES string of the molecule is C/C(=N/NC(=S)NC[C@@H]1CCCO1)c1ccccc1OCc1ccccc1. The first-order valence-electron chi connectivity index (χ1n) is 9.18. The quantitative estimate of drug-likeness (QED) is 0.434. The fourth-order valence-corrected chi connectivity index (χ4v) is 3.00. The molecule has 6 heteroatoms. The number of hydrogen-bond donors (Lipinski definition) is 2. The fraction of sp³-hybridized carbons (Fsp3) is 0.333. The van der Waals surface area contributed by atoms with Gasteiger partial charge >= 0.3 is 0 Å². The van der Waals surface area contributed by atoms with Gasteiger partial charge in [0.2, 0.25) is 0 Å². The molecule has 2 aromatic carbocycles. The minimum atomic E-state index is 0.238. The van der Waals surface area contributed by atoms with Gasteiger partial charge in [0.25, 0.3) is 0 Å². The predicted octanol–water partition coefficient (Wildman–Crippen LogP) is 3.63. The number of thiocarbonyl (C=S) groups is 1. The van der Waals surface area contributed by atoms with Gasteiger partial charge in [0.05, 0.1) is 11.8 Å². The van der Waals surface area contributed by atoms with Crippen molar-refractivity contribution in [3.8, 4) is 5.75 Å². The number of para-hydroxylation sites is 1. The summed E-state index contributed by atoms with van der Waals surface area (Å²) < 4.78 is 11.6. The average molecular weight is 384 g/mol. The maximum Gasteiger partial charge on any atom is 0.187 e. The summed E-state index contributed by atoms with van der Waals surface area (Å²) in [5, 5.41) is 8.04. The first kappa shape index (κ1) is 19.3. The summed E-state index contributed by atoms with van der Waals surface area (Å²) in [7, 11) is 0. The molecule has 1 saturated heterocycles. The van der Waals surface area contributed by atoms with Gasteiger partial charge in [0.1, 0.15) is 12.4 Å². The lowest BCUT2D eigenvalue weighted by Crippen LogP contribution is -2.37. The Balaban J connectivity index is 1.55. The molecule has 0 radical (unpaired) electrons. The number of nitrogens with zero attached hydrogens (tertiary/aromatic N) is 1. The molecule has 0 aromatic heterocycles. The van der Waals surface area contributed by atoms with Crippen LogP contribution in [0.25, 0.3) is 0 Å². The third-order valence-corrected chi connectivity index (χ3v) is 4.59. The molecule has 1 heterocycles. The summed E-state index contributed by atoms with van der Waals surface area (Å²) >= 11 is 5.29. The van der Waals surface area contributed by atoms with Crippen molar-refractivity contribution in [1.29, 1.82) is 0 Å². The molecule has 2 N–H and O–H groups in total. The molecular formula is C21H25N3O2S. The zero-order valence-electron chi connectivity index (χ0n) is 15.5. The largest absolute Gasteiger partial charge is 0.488 e. The zero-order valence-corrected chi connectivity index (χ0v) is 16.3. The van der Waals surface area contributed by atoms with Crippen molar-refractivity contribution >= 4 is 23.0 Å². The van der Waals surface area contributed by atoms with Crippen molar-refractivity contribution < 1.29 is 9.47 Å². The Morgan fingerprint density at radius 3 is 2.74 bits per heavy atom. The molecule has 0 aliphatic carbocycles. The molecule has 1 aliphatic rings. The average Bonchev–Trinajstić information content (AvgIpc) is 3.23. The maximum atomic E-state index is 5.99. The molecule has 2 aromatic rings. The van der Waals surface area contributed by atoms with Crippen LogP contribution >= 0.6 is 12.2 Å². The van der Waals surface area contributed by atoms with Crippen LogP contribution in [0.3, 0.4) is 0 Å². The first-order valence-corrected chi connectivity index (χ1v) is 9.59. The smallest absolute Gasteiger partial charge is 0.187 e. The Hall–Kier alpha value is -2.44. The van der Waals surface area contributed by atoms with Crippen molar-refractivity contribution in [3.05, 3.63) is 65.7 Å². The number of hydrogen-bond acceptors (Lipinski definition) is 4. The van der Waals surface area contributed by atoms with E-state index in [1.807, 2.05) is 61.5 Å². The Morgan fingerprint density at radius 2 is 1.96 bits per heavy atom. The predicted molar refractivity (Wildman–Crippen MR) is 112 cm³/mol. The fourth-order valence-electron chi connectivity index (χ4n) is 2.87. The van der Waals surface area contributed by atoms with E-state index in [1.54, 1.807) is 0 Å². The van der Waals surface area contributed by atoms with Crippen molar-refractivity contribution in [1.82, 2.24) is 10.7 Å². The maximum absolute atomic E-state index is 5.99. The number of rotatable bonds is 7. The molecule has 0 amide bonds. The normalized spacial score (nSPS) is 16.8. The Morgan fingerprint density at radius 1 is 1.19 bits per heavy atom. The van der Waals surface area contributed by atoms with E-state index in [2.05, 4.69) is 15.8 Å². The number of nitrogens with one attached hydrogen (secondary N) is 2. The minimum absolute atomic E-state index is 0.238. The lowest BCUT2D eigenvalue weighted by Gasteiger charge is -2.13. The second-order valence-corrected chi connectivity index (χ2v) is 6.83. The third kappa shape index (κ3) is 6.05. The van der Waals surface area contributed by atoms with E-state index in [4.69, 9.17) is 21.7 Å². The topological polar surface area (TPSA) is 54.9 Å². The van der Waals surface area contributed by atoms with Crippen molar-refractivity contribution in [2.75, 3.05) is 13.2 Å². The van der Waals surface area contributed by atoms with Crippen LogP contribution in [0.15, 0.2) is 59.7 Å². The van der Waals surface area contributed by atoms with Crippen LogP contribution in [0, 0.1) is 0 Å². The van der Waals surface area contributed by atoms with E-state index < -0.39 is 0 Å². The molecule has 0 saturated carbocycles. The highest BCUT2D eigenvalue weighted by atomic mass is 32.1. The van der Waals surface area contributed by atoms with E-state index >= 15 is 0 Å². The molecule has 0 unspecified atom stereocenters. The highest BCUT2D eigenvalue weighted by Crippen LogP contribution is 2.20.